The first kappa shape index (κ1) is 18.8. The number of fused-ring (bicyclic) bond motifs is 2. The number of para-hydroxylation sites is 1. The van der Waals surface area contributed by atoms with Crippen LogP contribution in [0.3, 0.4) is 0 Å². The first-order valence-electron chi connectivity index (χ1n) is 10.6. The highest BCUT2D eigenvalue weighted by Gasteiger charge is 2.32. The molecule has 0 radical (unpaired) electrons. The minimum Gasteiger partial charge on any atom is -0.439 e. The minimum absolute atomic E-state index is 0.234. The van der Waals surface area contributed by atoms with Gasteiger partial charge in [0, 0.05) is 29.1 Å². The van der Waals surface area contributed by atoms with Crippen molar-refractivity contribution in [3.63, 3.8) is 0 Å². The quantitative estimate of drug-likeness (QED) is 0.440. The molecule has 1 aliphatic carbocycles. The summed E-state index contributed by atoms with van der Waals surface area (Å²) >= 11 is 0. The van der Waals surface area contributed by atoms with Crippen molar-refractivity contribution in [2.24, 2.45) is 0 Å². The lowest BCUT2D eigenvalue weighted by Gasteiger charge is -2.30. The van der Waals surface area contributed by atoms with Crippen LogP contribution >= 0.6 is 0 Å². The molecule has 3 N–H and O–H groups in total. The van der Waals surface area contributed by atoms with Gasteiger partial charge in [-0.3, -0.25) is 4.40 Å². The van der Waals surface area contributed by atoms with Gasteiger partial charge >= 0.3 is 0 Å². The third kappa shape index (κ3) is 3.23. The number of rotatable bonds is 4. The lowest BCUT2D eigenvalue weighted by Crippen LogP contribution is -2.28. The Labute approximate surface area is 184 Å². The molecule has 32 heavy (non-hydrogen) atoms. The maximum absolute atomic E-state index is 9.70. The smallest absolute Gasteiger partial charge is 0.219 e. The zero-order valence-corrected chi connectivity index (χ0v) is 17.2. The molecule has 3 heterocycles. The van der Waals surface area contributed by atoms with E-state index in [0.29, 0.717) is 11.7 Å². The van der Waals surface area contributed by atoms with Gasteiger partial charge in [0.15, 0.2) is 0 Å². The summed E-state index contributed by atoms with van der Waals surface area (Å²) in [6.07, 6.45) is 4.91. The third-order valence-electron chi connectivity index (χ3n) is 5.99. The summed E-state index contributed by atoms with van der Waals surface area (Å²) in [5.41, 5.74) is 9.50. The van der Waals surface area contributed by atoms with Gasteiger partial charge in [0.2, 0.25) is 5.88 Å². The maximum atomic E-state index is 9.70. The van der Waals surface area contributed by atoms with E-state index in [1.54, 1.807) is 6.20 Å². The van der Waals surface area contributed by atoms with Gasteiger partial charge in [-0.2, -0.15) is 0 Å². The Morgan fingerprint density at radius 3 is 2.62 bits per heavy atom. The van der Waals surface area contributed by atoms with Crippen LogP contribution in [0.4, 0.5) is 5.82 Å². The number of aliphatic hydroxyl groups is 1. The number of pyridine rings is 1. The van der Waals surface area contributed by atoms with E-state index < -0.39 is 0 Å². The van der Waals surface area contributed by atoms with E-state index in [-0.39, 0.29) is 12.0 Å². The minimum atomic E-state index is -0.245. The molecule has 1 fully saturated rings. The number of ether oxygens (including phenoxy) is 1. The molecule has 6 rings (SSSR count). The lowest BCUT2D eigenvalue weighted by atomic mass is 9.82. The second-order valence-corrected chi connectivity index (χ2v) is 8.18. The molecular weight excluding hydrogens is 402 g/mol. The molecule has 3 aromatic heterocycles. The van der Waals surface area contributed by atoms with Gasteiger partial charge in [-0.1, -0.05) is 30.3 Å². The second-order valence-electron chi connectivity index (χ2n) is 8.18. The molecule has 0 bridgehead atoms. The molecule has 0 amide bonds. The second kappa shape index (κ2) is 7.32. The molecule has 0 aliphatic heterocycles. The van der Waals surface area contributed by atoms with Gasteiger partial charge in [-0.15, -0.1) is 0 Å². The van der Waals surface area contributed by atoms with E-state index >= 15 is 0 Å². The molecule has 158 valence electrons. The number of hydrogen-bond acceptors (Lipinski definition) is 6. The summed E-state index contributed by atoms with van der Waals surface area (Å²) in [4.78, 5) is 13.8. The van der Waals surface area contributed by atoms with Crippen molar-refractivity contribution in [2.75, 3.05) is 5.73 Å². The predicted octanol–water partition coefficient (Wildman–Crippen LogP) is 4.56. The van der Waals surface area contributed by atoms with Crippen LogP contribution in [0.25, 0.3) is 27.7 Å². The maximum Gasteiger partial charge on any atom is 0.219 e. The highest BCUT2D eigenvalue weighted by molar-refractivity contribution is 5.84. The third-order valence-corrected chi connectivity index (χ3v) is 5.99. The van der Waals surface area contributed by atoms with Gasteiger partial charge in [-0.25, -0.2) is 15.0 Å². The van der Waals surface area contributed by atoms with Crippen LogP contribution in [0, 0.1) is 0 Å². The van der Waals surface area contributed by atoms with Crippen LogP contribution < -0.4 is 10.5 Å². The number of aromatic nitrogens is 4. The molecule has 0 spiro atoms. The number of nitrogen functional groups attached to an aromatic ring is 1. The van der Waals surface area contributed by atoms with Crippen molar-refractivity contribution >= 4 is 22.2 Å². The summed E-state index contributed by atoms with van der Waals surface area (Å²) in [6, 6.07) is 19.5. The van der Waals surface area contributed by atoms with Gasteiger partial charge in [0.1, 0.15) is 22.9 Å². The Kier molecular flexibility index (Phi) is 4.29. The first-order chi connectivity index (χ1) is 15.6. The molecule has 7 nitrogen and oxygen atoms in total. The fourth-order valence-electron chi connectivity index (χ4n) is 4.20. The molecule has 2 aromatic carbocycles. The number of benzene rings is 2. The SMILES string of the molecule is Nc1nc(-c2ccc3ccc(Oc4ccccc4)nc3c2)cn2c(C3CC(O)C3)ncc12. The summed E-state index contributed by atoms with van der Waals surface area (Å²) in [7, 11) is 0. The molecule has 0 unspecified atom stereocenters. The summed E-state index contributed by atoms with van der Waals surface area (Å²) < 4.78 is 7.89. The number of anilines is 1. The predicted molar refractivity (Wildman–Crippen MR) is 123 cm³/mol. The van der Waals surface area contributed by atoms with Crippen LogP contribution in [0.15, 0.2) is 73.1 Å². The molecule has 0 atom stereocenters. The van der Waals surface area contributed by atoms with Gasteiger partial charge in [0.05, 0.1) is 23.5 Å². The van der Waals surface area contributed by atoms with E-state index in [9.17, 15) is 5.11 Å². The largest absolute Gasteiger partial charge is 0.439 e. The Hall–Kier alpha value is -3.97. The molecule has 5 aromatic rings. The van der Waals surface area contributed by atoms with Crippen molar-refractivity contribution in [3.8, 4) is 22.9 Å². The number of nitrogens with zero attached hydrogens (tertiary/aromatic N) is 4. The van der Waals surface area contributed by atoms with Gasteiger partial charge in [0.25, 0.3) is 0 Å². The highest BCUT2D eigenvalue weighted by Crippen LogP contribution is 2.37. The zero-order chi connectivity index (χ0) is 21.7. The Morgan fingerprint density at radius 2 is 1.81 bits per heavy atom. The van der Waals surface area contributed by atoms with E-state index in [0.717, 1.165) is 52.1 Å². The van der Waals surface area contributed by atoms with Crippen molar-refractivity contribution in [1.29, 1.82) is 0 Å². The van der Waals surface area contributed by atoms with E-state index in [4.69, 9.17) is 10.5 Å². The molecule has 0 saturated heterocycles. The van der Waals surface area contributed by atoms with Crippen molar-refractivity contribution in [2.45, 2.75) is 24.9 Å². The lowest BCUT2D eigenvalue weighted by molar-refractivity contribution is 0.0715. The Balaban J connectivity index is 1.39. The summed E-state index contributed by atoms with van der Waals surface area (Å²) in [6.45, 7) is 0. The van der Waals surface area contributed by atoms with E-state index in [1.807, 2.05) is 71.3 Å². The Bertz CT molecular complexity index is 1440. The van der Waals surface area contributed by atoms with E-state index in [2.05, 4.69) is 15.0 Å². The van der Waals surface area contributed by atoms with Crippen LogP contribution in [-0.4, -0.2) is 30.6 Å². The number of hydrogen-bond donors (Lipinski definition) is 2. The number of nitrogens with two attached hydrogens (primary N) is 1. The topological polar surface area (TPSA) is 98.6 Å². The average molecular weight is 423 g/mol. The standard InChI is InChI=1S/C25H21N5O2/c26-24-22-13-27-25(17-10-18(31)11-17)30(22)14-21(29-24)16-7-6-15-8-9-23(28-20(15)12-16)32-19-4-2-1-3-5-19/h1-9,12-14,17-18,31H,10-11H2,(H2,26,29). The van der Waals surface area contributed by atoms with Gasteiger partial charge < -0.3 is 15.6 Å². The molecule has 7 heteroatoms. The first-order valence-corrected chi connectivity index (χ1v) is 10.6. The molecular formula is C25H21N5O2. The van der Waals surface area contributed by atoms with Crippen molar-refractivity contribution < 1.29 is 9.84 Å². The van der Waals surface area contributed by atoms with Gasteiger partial charge in [-0.05, 0) is 37.1 Å². The normalized spacial score (nSPS) is 18.0. The van der Waals surface area contributed by atoms with Crippen LogP contribution in [0.1, 0.15) is 24.6 Å². The molecule has 1 saturated carbocycles. The highest BCUT2D eigenvalue weighted by atomic mass is 16.5. The van der Waals surface area contributed by atoms with Crippen molar-refractivity contribution in [3.05, 3.63) is 78.9 Å². The summed E-state index contributed by atoms with van der Waals surface area (Å²) in [5, 5.41) is 10.7. The Morgan fingerprint density at radius 1 is 1.00 bits per heavy atom. The fourth-order valence-corrected chi connectivity index (χ4v) is 4.20. The zero-order valence-electron chi connectivity index (χ0n) is 17.2. The van der Waals surface area contributed by atoms with Crippen molar-refractivity contribution in [1.82, 2.24) is 19.4 Å². The fraction of sp³-hybridized carbons (Fsp3) is 0.160. The average Bonchev–Trinajstić information content (AvgIpc) is 3.21. The monoisotopic (exact) mass is 423 g/mol. The summed E-state index contributed by atoms with van der Waals surface area (Å²) in [5.74, 6) is 2.85. The van der Waals surface area contributed by atoms with E-state index in [1.165, 1.54) is 0 Å². The molecule has 1 aliphatic rings. The number of aliphatic hydroxyl groups excluding tert-OH is 1. The van der Waals surface area contributed by atoms with Crippen LogP contribution in [0.5, 0.6) is 11.6 Å². The van der Waals surface area contributed by atoms with Crippen LogP contribution in [-0.2, 0) is 0 Å². The number of imidazole rings is 1. The van der Waals surface area contributed by atoms with Crippen LogP contribution in [0.2, 0.25) is 0 Å².